The Morgan fingerprint density at radius 3 is 2.50 bits per heavy atom. The lowest BCUT2D eigenvalue weighted by molar-refractivity contribution is -0.0648. The molecule has 2 N–H and O–H groups in total. The summed E-state index contributed by atoms with van der Waals surface area (Å²) in [6.07, 6.45) is 8.43. The van der Waals surface area contributed by atoms with Gasteiger partial charge < -0.3 is 10.5 Å². The van der Waals surface area contributed by atoms with E-state index in [1.165, 1.54) is 38.5 Å². The molecule has 1 saturated heterocycles. The van der Waals surface area contributed by atoms with Crippen LogP contribution in [-0.2, 0) is 4.74 Å². The van der Waals surface area contributed by atoms with Gasteiger partial charge in [-0.05, 0) is 19.8 Å². The van der Waals surface area contributed by atoms with Gasteiger partial charge in [0.25, 0.3) is 0 Å². The molecule has 0 amide bonds. The van der Waals surface area contributed by atoms with Gasteiger partial charge in [-0.25, -0.2) is 0 Å². The molecule has 1 atom stereocenters. The largest absolute Gasteiger partial charge is 0.376 e. The van der Waals surface area contributed by atoms with Gasteiger partial charge in [-0.2, -0.15) is 0 Å². The first-order chi connectivity index (χ1) is 7.77. The zero-order chi connectivity index (χ0) is 11.4. The van der Waals surface area contributed by atoms with Crippen molar-refractivity contribution in [2.24, 2.45) is 5.73 Å². The van der Waals surface area contributed by atoms with E-state index >= 15 is 0 Å². The number of hydrogen-bond acceptors (Lipinski definition) is 3. The Kier molecular flexibility index (Phi) is 4.22. The first-order valence-electron chi connectivity index (χ1n) is 6.83. The van der Waals surface area contributed by atoms with Crippen molar-refractivity contribution >= 4 is 0 Å². The number of nitrogens with two attached hydrogens (primary N) is 1. The maximum atomic E-state index is 6.10. The third-order valence-corrected chi connectivity index (χ3v) is 4.33. The van der Waals surface area contributed by atoms with Crippen LogP contribution in [0.3, 0.4) is 0 Å². The molecule has 3 nitrogen and oxygen atoms in total. The van der Waals surface area contributed by atoms with Gasteiger partial charge in [-0.15, -0.1) is 0 Å². The summed E-state index contributed by atoms with van der Waals surface area (Å²) in [4.78, 5) is 2.62. The number of morpholine rings is 1. The Labute approximate surface area is 99.3 Å². The third-order valence-electron chi connectivity index (χ3n) is 4.33. The highest BCUT2D eigenvalue weighted by Gasteiger charge is 2.37. The molecule has 2 aliphatic rings. The molecule has 0 aromatic rings. The molecule has 0 bridgehead atoms. The molecule has 0 radical (unpaired) electrons. The second-order valence-electron chi connectivity index (χ2n) is 5.47. The Morgan fingerprint density at radius 2 is 1.94 bits per heavy atom. The normalized spacial score (nSPS) is 32.2. The minimum absolute atomic E-state index is 0.286. The van der Waals surface area contributed by atoms with Gasteiger partial charge in [0, 0.05) is 25.2 Å². The quantitative estimate of drug-likeness (QED) is 0.729. The zero-order valence-corrected chi connectivity index (χ0v) is 10.6. The summed E-state index contributed by atoms with van der Waals surface area (Å²) < 4.78 is 5.64. The third kappa shape index (κ3) is 2.58. The molecular weight excluding hydrogens is 200 g/mol. The molecule has 1 heterocycles. The van der Waals surface area contributed by atoms with Crippen LogP contribution in [0.15, 0.2) is 0 Å². The molecule has 0 aromatic heterocycles. The fraction of sp³-hybridized carbons (Fsp3) is 1.00. The van der Waals surface area contributed by atoms with E-state index in [9.17, 15) is 0 Å². The summed E-state index contributed by atoms with van der Waals surface area (Å²) in [5.74, 6) is 0. The fourth-order valence-electron chi connectivity index (χ4n) is 3.29. The second-order valence-corrected chi connectivity index (χ2v) is 5.47. The first kappa shape index (κ1) is 12.3. The van der Waals surface area contributed by atoms with Crippen LogP contribution in [-0.4, -0.2) is 42.8 Å². The highest BCUT2D eigenvalue weighted by molar-refractivity contribution is 4.94. The van der Waals surface area contributed by atoms with Crippen molar-refractivity contribution in [2.75, 3.05) is 26.2 Å². The van der Waals surface area contributed by atoms with Crippen LogP contribution >= 0.6 is 0 Å². The second kappa shape index (κ2) is 5.48. The van der Waals surface area contributed by atoms with Crippen molar-refractivity contribution in [3.63, 3.8) is 0 Å². The van der Waals surface area contributed by atoms with Crippen molar-refractivity contribution in [1.29, 1.82) is 0 Å². The summed E-state index contributed by atoms with van der Waals surface area (Å²) in [5.41, 5.74) is 6.39. The van der Waals surface area contributed by atoms with Crippen molar-refractivity contribution < 1.29 is 4.74 Å². The highest BCUT2D eigenvalue weighted by Crippen LogP contribution is 2.32. The summed E-state index contributed by atoms with van der Waals surface area (Å²) >= 11 is 0. The SMILES string of the molecule is CC1CN(C2(CN)CCCCCC2)CCO1. The van der Waals surface area contributed by atoms with E-state index < -0.39 is 0 Å². The Hall–Kier alpha value is -0.120. The van der Waals surface area contributed by atoms with Crippen LogP contribution in [0.1, 0.15) is 45.4 Å². The summed E-state index contributed by atoms with van der Waals surface area (Å²) in [6.45, 7) is 6.01. The Morgan fingerprint density at radius 1 is 1.25 bits per heavy atom. The lowest BCUT2D eigenvalue weighted by Gasteiger charge is -2.46. The molecule has 1 aliphatic carbocycles. The summed E-state index contributed by atoms with van der Waals surface area (Å²) in [6, 6.07) is 0. The predicted molar refractivity (Wildman–Crippen MR) is 66.5 cm³/mol. The minimum atomic E-state index is 0.286. The highest BCUT2D eigenvalue weighted by atomic mass is 16.5. The smallest absolute Gasteiger partial charge is 0.0674 e. The zero-order valence-electron chi connectivity index (χ0n) is 10.6. The average Bonchev–Trinajstić information content (AvgIpc) is 2.55. The van der Waals surface area contributed by atoms with Gasteiger partial charge >= 0.3 is 0 Å². The van der Waals surface area contributed by atoms with E-state index in [4.69, 9.17) is 10.5 Å². The van der Waals surface area contributed by atoms with Crippen LogP contribution < -0.4 is 5.73 Å². The van der Waals surface area contributed by atoms with Gasteiger partial charge in [0.1, 0.15) is 0 Å². The van der Waals surface area contributed by atoms with Crippen LogP contribution in [0.4, 0.5) is 0 Å². The maximum Gasteiger partial charge on any atom is 0.0674 e. The Balaban J connectivity index is 2.05. The van der Waals surface area contributed by atoms with Gasteiger partial charge in [0.2, 0.25) is 0 Å². The van der Waals surface area contributed by atoms with E-state index in [0.29, 0.717) is 6.10 Å². The van der Waals surface area contributed by atoms with Crippen molar-refractivity contribution in [3.8, 4) is 0 Å². The maximum absolute atomic E-state index is 6.10. The molecule has 1 unspecified atom stereocenters. The predicted octanol–water partition coefficient (Wildman–Crippen LogP) is 1.76. The van der Waals surface area contributed by atoms with E-state index in [-0.39, 0.29) is 5.54 Å². The molecule has 2 fully saturated rings. The van der Waals surface area contributed by atoms with E-state index in [1.54, 1.807) is 0 Å². The molecular formula is C13H26N2O. The van der Waals surface area contributed by atoms with E-state index in [1.807, 2.05) is 0 Å². The topological polar surface area (TPSA) is 38.5 Å². The van der Waals surface area contributed by atoms with E-state index in [2.05, 4.69) is 11.8 Å². The molecule has 16 heavy (non-hydrogen) atoms. The molecule has 1 saturated carbocycles. The fourth-order valence-corrected chi connectivity index (χ4v) is 3.29. The van der Waals surface area contributed by atoms with Gasteiger partial charge in [0.15, 0.2) is 0 Å². The summed E-state index contributed by atoms with van der Waals surface area (Å²) in [5, 5.41) is 0. The Bertz CT molecular complexity index is 212. The monoisotopic (exact) mass is 226 g/mol. The van der Waals surface area contributed by atoms with Crippen LogP contribution in [0, 0.1) is 0 Å². The molecule has 94 valence electrons. The summed E-state index contributed by atoms with van der Waals surface area (Å²) in [7, 11) is 0. The van der Waals surface area contributed by atoms with Gasteiger partial charge in [-0.3, -0.25) is 4.90 Å². The standard InChI is InChI=1S/C13H26N2O/c1-12-10-15(8-9-16-12)13(11-14)6-4-2-3-5-7-13/h12H,2-11,14H2,1H3. The van der Waals surface area contributed by atoms with Crippen LogP contribution in [0.2, 0.25) is 0 Å². The number of nitrogens with zero attached hydrogens (tertiary/aromatic N) is 1. The van der Waals surface area contributed by atoms with Crippen molar-refractivity contribution in [2.45, 2.75) is 57.1 Å². The molecule has 2 rings (SSSR count). The first-order valence-corrected chi connectivity index (χ1v) is 6.83. The van der Waals surface area contributed by atoms with Crippen LogP contribution in [0.25, 0.3) is 0 Å². The van der Waals surface area contributed by atoms with Crippen molar-refractivity contribution in [3.05, 3.63) is 0 Å². The minimum Gasteiger partial charge on any atom is -0.376 e. The van der Waals surface area contributed by atoms with Gasteiger partial charge in [-0.1, -0.05) is 25.7 Å². The lowest BCUT2D eigenvalue weighted by Crippen LogP contribution is -2.58. The molecule has 1 aliphatic heterocycles. The molecule has 0 aromatic carbocycles. The molecule has 3 heteroatoms. The van der Waals surface area contributed by atoms with Crippen LogP contribution in [0.5, 0.6) is 0 Å². The molecule has 0 spiro atoms. The lowest BCUT2D eigenvalue weighted by atomic mass is 9.87. The van der Waals surface area contributed by atoms with Crippen molar-refractivity contribution in [1.82, 2.24) is 4.90 Å². The average molecular weight is 226 g/mol. The van der Waals surface area contributed by atoms with E-state index in [0.717, 1.165) is 26.2 Å². The number of hydrogen-bond donors (Lipinski definition) is 1. The number of rotatable bonds is 2. The van der Waals surface area contributed by atoms with Gasteiger partial charge in [0.05, 0.1) is 12.7 Å². The number of ether oxygens (including phenoxy) is 1.